The molecule has 2 fully saturated rings. The predicted molar refractivity (Wildman–Crippen MR) is 136 cm³/mol. The Morgan fingerprint density at radius 3 is 2.12 bits per heavy atom. The van der Waals surface area contributed by atoms with Gasteiger partial charge in [-0.25, -0.2) is 0 Å². The van der Waals surface area contributed by atoms with Crippen LogP contribution < -0.4 is 9.75 Å². The van der Waals surface area contributed by atoms with E-state index in [0.717, 1.165) is 18.7 Å². The molecule has 3 aliphatic heterocycles. The lowest BCUT2D eigenvalue weighted by Gasteiger charge is -2.38. The van der Waals surface area contributed by atoms with Gasteiger partial charge < -0.3 is 9.64 Å². The second-order valence-electron chi connectivity index (χ2n) is 9.68. The van der Waals surface area contributed by atoms with Crippen LogP contribution in [0.3, 0.4) is 0 Å². The monoisotopic (exact) mass is 446 g/mol. The zero-order chi connectivity index (χ0) is 22.5. The predicted octanol–water partition coefficient (Wildman–Crippen LogP) is 5.34. The van der Waals surface area contributed by atoms with Crippen molar-refractivity contribution in [3.8, 4) is 5.75 Å². The Balaban J connectivity index is 1.48. The van der Waals surface area contributed by atoms with Crippen LogP contribution in [0.5, 0.6) is 5.75 Å². The van der Waals surface area contributed by atoms with E-state index in [1.165, 1.54) is 81.7 Å². The minimum Gasteiger partial charge on any atom is -0.497 e. The van der Waals surface area contributed by atoms with Crippen LogP contribution in [-0.2, 0) is 0 Å². The van der Waals surface area contributed by atoms with E-state index in [9.17, 15) is 0 Å². The van der Waals surface area contributed by atoms with Crippen LogP contribution in [0.15, 0.2) is 59.7 Å². The van der Waals surface area contributed by atoms with Gasteiger partial charge in [-0.1, -0.05) is 43.2 Å². The topological polar surface area (TPSA) is 31.3 Å². The Morgan fingerprint density at radius 2 is 1.45 bits per heavy atom. The van der Waals surface area contributed by atoms with Crippen LogP contribution in [-0.4, -0.2) is 61.4 Å². The molecule has 0 N–H and O–H groups in total. The Kier molecular flexibility index (Phi) is 7.27. The summed E-state index contributed by atoms with van der Waals surface area (Å²) in [5, 5.41) is 7.65. The smallest absolute Gasteiger partial charge is 0.118 e. The fourth-order valence-electron chi connectivity index (χ4n) is 5.76. The van der Waals surface area contributed by atoms with E-state index >= 15 is 0 Å². The van der Waals surface area contributed by atoms with Gasteiger partial charge in [0.15, 0.2) is 0 Å². The summed E-state index contributed by atoms with van der Waals surface area (Å²) in [6.07, 6.45) is 9.04. The van der Waals surface area contributed by atoms with Gasteiger partial charge in [-0.3, -0.25) is 9.91 Å². The molecule has 0 spiro atoms. The molecule has 3 aliphatic rings. The normalized spacial score (nSPS) is 24.6. The summed E-state index contributed by atoms with van der Waals surface area (Å²) in [5.41, 5.74) is 3.84. The lowest BCUT2D eigenvalue weighted by molar-refractivity contribution is 0.183. The number of hydrogen-bond donors (Lipinski definition) is 0. The van der Waals surface area contributed by atoms with Crippen LogP contribution in [0.1, 0.15) is 56.6 Å². The molecule has 2 aromatic carbocycles. The Hall–Kier alpha value is -2.37. The molecule has 0 radical (unpaired) electrons. The lowest BCUT2D eigenvalue weighted by atomic mass is 9.91. The quantitative estimate of drug-likeness (QED) is 0.574. The van der Waals surface area contributed by atoms with Gasteiger partial charge in [0.2, 0.25) is 0 Å². The highest BCUT2D eigenvalue weighted by Crippen LogP contribution is 2.40. The van der Waals surface area contributed by atoms with Crippen LogP contribution in [0, 0.1) is 0 Å². The average Bonchev–Trinajstić information content (AvgIpc) is 3.28. The van der Waals surface area contributed by atoms with Gasteiger partial charge in [-0.2, -0.15) is 5.10 Å². The summed E-state index contributed by atoms with van der Waals surface area (Å²) in [7, 11) is 1.74. The van der Waals surface area contributed by atoms with Crippen molar-refractivity contribution in [2.75, 3.05) is 44.8 Å². The first-order valence-electron chi connectivity index (χ1n) is 12.9. The van der Waals surface area contributed by atoms with Crippen molar-refractivity contribution in [2.45, 2.75) is 57.0 Å². The Morgan fingerprint density at radius 1 is 0.788 bits per heavy atom. The van der Waals surface area contributed by atoms with Crippen LogP contribution in [0.4, 0.5) is 5.69 Å². The molecule has 2 saturated heterocycles. The third-order valence-electron chi connectivity index (χ3n) is 7.54. The Bertz CT molecular complexity index is 901. The molecule has 2 unspecified atom stereocenters. The standard InChI is InChI=1S/C28H38N4O/c1-33-25-15-13-23(14-16-25)27-28(31-20-9-4-10-21-31)26(17-22-30-18-7-3-8-19-30)29-32(27)24-11-5-2-6-12-24/h2,5-6,11-16,27-28H,3-4,7-10,17-22H2,1H3. The second-order valence-corrected chi connectivity index (χ2v) is 9.68. The average molecular weight is 447 g/mol. The van der Waals surface area contributed by atoms with Gasteiger partial charge in [-0.15, -0.1) is 0 Å². The van der Waals surface area contributed by atoms with Crippen molar-refractivity contribution in [3.05, 3.63) is 60.2 Å². The molecule has 2 atom stereocenters. The van der Waals surface area contributed by atoms with E-state index in [2.05, 4.69) is 69.4 Å². The number of ether oxygens (including phenoxy) is 1. The number of likely N-dealkylation sites (tertiary alicyclic amines) is 2. The maximum Gasteiger partial charge on any atom is 0.118 e. The van der Waals surface area contributed by atoms with Crippen molar-refractivity contribution in [1.29, 1.82) is 0 Å². The van der Waals surface area contributed by atoms with Crippen molar-refractivity contribution >= 4 is 11.4 Å². The number of nitrogens with zero attached hydrogens (tertiary/aromatic N) is 4. The number of para-hydroxylation sites is 1. The summed E-state index contributed by atoms with van der Waals surface area (Å²) < 4.78 is 5.46. The highest BCUT2D eigenvalue weighted by molar-refractivity contribution is 5.94. The van der Waals surface area contributed by atoms with Gasteiger partial charge in [0, 0.05) is 13.0 Å². The summed E-state index contributed by atoms with van der Waals surface area (Å²) in [5.74, 6) is 0.906. The number of hydrazone groups is 1. The number of benzene rings is 2. The SMILES string of the molecule is COc1ccc(C2C(N3CCCCC3)C(CCN3CCCCC3)=NN2c2ccccc2)cc1. The molecule has 2 aromatic rings. The molecular weight excluding hydrogens is 408 g/mol. The fraction of sp³-hybridized carbons (Fsp3) is 0.536. The fourth-order valence-corrected chi connectivity index (χ4v) is 5.76. The molecular formula is C28H38N4O. The third-order valence-corrected chi connectivity index (χ3v) is 7.54. The number of anilines is 1. The molecule has 0 saturated carbocycles. The molecule has 3 heterocycles. The molecule has 5 heteroatoms. The number of rotatable bonds is 7. The first-order valence-corrected chi connectivity index (χ1v) is 12.9. The molecule has 5 rings (SSSR count). The molecule has 5 nitrogen and oxygen atoms in total. The molecule has 33 heavy (non-hydrogen) atoms. The number of piperidine rings is 2. The van der Waals surface area contributed by atoms with E-state index in [1.807, 2.05) is 0 Å². The lowest BCUT2D eigenvalue weighted by Crippen LogP contribution is -2.48. The highest BCUT2D eigenvalue weighted by atomic mass is 16.5. The van der Waals surface area contributed by atoms with E-state index < -0.39 is 0 Å². The molecule has 176 valence electrons. The summed E-state index contributed by atoms with van der Waals surface area (Å²) >= 11 is 0. The number of hydrogen-bond acceptors (Lipinski definition) is 5. The first kappa shape index (κ1) is 22.4. The summed E-state index contributed by atoms with van der Waals surface area (Å²) in [4.78, 5) is 5.36. The van der Waals surface area contributed by atoms with Crippen molar-refractivity contribution in [1.82, 2.24) is 9.80 Å². The van der Waals surface area contributed by atoms with Crippen molar-refractivity contribution in [3.63, 3.8) is 0 Å². The third kappa shape index (κ3) is 5.10. The largest absolute Gasteiger partial charge is 0.497 e. The molecule has 0 amide bonds. The maximum absolute atomic E-state index is 5.46. The van der Waals surface area contributed by atoms with Gasteiger partial charge in [0.1, 0.15) is 5.75 Å². The summed E-state index contributed by atoms with van der Waals surface area (Å²) in [6, 6.07) is 19.9. The van der Waals surface area contributed by atoms with Crippen LogP contribution >= 0.6 is 0 Å². The second kappa shape index (κ2) is 10.7. The Labute approximate surface area is 199 Å². The molecule has 0 bridgehead atoms. The van der Waals surface area contributed by atoms with Crippen LogP contribution in [0.25, 0.3) is 0 Å². The minimum absolute atomic E-state index is 0.188. The van der Waals surface area contributed by atoms with Crippen molar-refractivity contribution < 1.29 is 4.74 Å². The van der Waals surface area contributed by atoms with Gasteiger partial charge >= 0.3 is 0 Å². The molecule has 0 aliphatic carbocycles. The van der Waals surface area contributed by atoms with E-state index in [0.29, 0.717) is 6.04 Å². The zero-order valence-electron chi connectivity index (χ0n) is 20.0. The van der Waals surface area contributed by atoms with Gasteiger partial charge in [0.05, 0.1) is 30.6 Å². The summed E-state index contributed by atoms with van der Waals surface area (Å²) in [6.45, 7) is 5.95. The number of methoxy groups -OCH3 is 1. The van der Waals surface area contributed by atoms with E-state index in [4.69, 9.17) is 9.84 Å². The molecule has 0 aromatic heterocycles. The van der Waals surface area contributed by atoms with Crippen molar-refractivity contribution in [2.24, 2.45) is 5.10 Å². The highest BCUT2D eigenvalue weighted by Gasteiger charge is 2.42. The minimum atomic E-state index is 0.188. The van der Waals surface area contributed by atoms with E-state index in [1.54, 1.807) is 7.11 Å². The zero-order valence-corrected chi connectivity index (χ0v) is 20.0. The maximum atomic E-state index is 5.46. The van der Waals surface area contributed by atoms with Gasteiger partial charge in [0.25, 0.3) is 0 Å². The van der Waals surface area contributed by atoms with E-state index in [-0.39, 0.29) is 6.04 Å². The first-order chi connectivity index (χ1) is 16.3. The van der Waals surface area contributed by atoms with Gasteiger partial charge in [-0.05, 0) is 81.7 Å². The van der Waals surface area contributed by atoms with Crippen LogP contribution in [0.2, 0.25) is 0 Å².